The molecule has 0 saturated carbocycles. The lowest BCUT2D eigenvalue weighted by Crippen LogP contribution is -2.50. The van der Waals surface area contributed by atoms with Crippen LogP contribution in [0, 0.1) is 5.82 Å². The van der Waals surface area contributed by atoms with Gasteiger partial charge in [-0.05, 0) is 49.1 Å². The van der Waals surface area contributed by atoms with E-state index >= 15 is 0 Å². The van der Waals surface area contributed by atoms with Crippen LogP contribution in [-0.2, 0) is 27.6 Å². The van der Waals surface area contributed by atoms with Crippen LogP contribution in [0.1, 0.15) is 18.9 Å². The maximum absolute atomic E-state index is 14.5. The van der Waals surface area contributed by atoms with Gasteiger partial charge < -0.3 is 5.11 Å². The highest BCUT2D eigenvalue weighted by atomic mass is 32.2. The Morgan fingerprint density at radius 1 is 1.24 bits per heavy atom. The molecule has 176 valence electrons. The van der Waals surface area contributed by atoms with Crippen molar-refractivity contribution in [3.8, 4) is 11.1 Å². The van der Waals surface area contributed by atoms with Crippen molar-refractivity contribution in [3.05, 3.63) is 64.5 Å². The minimum Gasteiger partial charge on any atom is -0.396 e. The Morgan fingerprint density at radius 3 is 2.58 bits per heavy atom. The molecule has 1 unspecified atom stereocenters. The molecule has 0 saturated heterocycles. The van der Waals surface area contributed by atoms with Gasteiger partial charge in [0.25, 0.3) is 11.5 Å². The molecule has 0 fully saturated rings. The quantitative estimate of drug-likeness (QED) is 0.330. The van der Waals surface area contributed by atoms with Gasteiger partial charge in [0, 0.05) is 25.0 Å². The Morgan fingerprint density at radius 2 is 1.97 bits per heavy atom. The van der Waals surface area contributed by atoms with Crippen molar-refractivity contribution < 1.29 is 27.9 Å². The van der Waals surface area contributed by atoms with E-state index in [1.165, 1.54) is 35.4 Å². The number of benzene rings is 2. The van der Waals surface area contributed by atoms with Gasteiger partial charge in [-0.1, -0.05) is 18.2 Å². The lowest BCUT2D eigenvalue weighted by molar-refractivity contribution is -0.131. The molecule has 33 heavy (non-hydrogen) atoms. The van der Waals surface area contributed by atoms with Gasteiger partial charge in [0.2, 0.25) is 0 Å². The highest BCUT2D eigenvalue weighted by Gasteiger charge is 2.43. The number of aryl methyl sites for hydroxylation is 1. The number of halogens is 1. The van der Waals surface area contributed by atoms with E-state index in [4.69, 9.17) is 10.3 Å². The van der Waals surface area contributed by atoms with Crippen LogP contribution in [0.15, 0.2) is 47.5 Å². The van der Waals surface area contributed by atoms with Gasteiger partial charge >= 0.3 is 0 Å². The predicted octanol–water partition coefficient (Wildman–Crippen LogP) is 1.44. The molecular weight excluding hydrogens is 453 g/mol. The summed E-state index contributed by atoms with van der Waals surface area (Å²) >= 11 is 0. The van der Waals surface area contributed by atoms with Gasteiger partial charge in [0.1, 0.15) is 5.82 Å². The number of carbonyl (C=O) groups is 1. The highest BCUT2D eigenvalue weighted by molar-refractivity contribution is 7.92. The molecule has 0 bridgehead atoms. The summed E-state index contributed by atoms with van der Waals surface area (Å²) < 4.78 is 38.0. The van der Waals surface area contributed by atoms with E-state index in [-0.39, 0.29) is 25.0 Å². The number of rotatable bonds is 8. The molecule has 3 rings (SSSR count). The van der Waals surface area contributed by atoms with Crippen LogP contribution in [0.4, 0.5) is 4.39 Å². The molecule has 0 radical (unpaired) electrons. The Balaban J connectivity index is 1.94. The lowest BCUT2D eigenvalue weighted by atomic mass is 10.0. The van der Waals surface area contributed by atoms with Gasteiger partial charge in [-0.3, -0.25) is 19.4 Å². The van der Waals surface area contributed by atoms with Crippen LogP contribution in [0.3, 0.4) is 0 Å². The minimum absolute atomic E-state index is 0.0844. The maximum Gasteiger partial charge on any atom is 0.264 e. The number of hydrogen-bond acceptors (Lipinski definition) is 7. The summed E-state index contributed by atoms with van der Waals surface area (Å²) in [6.07, 6.45) is 2.18. The van der Waals surface area contributed by atoms with Crippen LogP contribution in [0.5, 0.6) is 0 Å². The average Bonchev–Trinajstić information content (AvgIpc) is 2.77. The zero-order chi connectivity index (χ0) is 24.4. The van der Waals surface area contributed by atoms with Crippen molar-refractivity contribution in [3.63, 3.8) is 0 Å². The van der Waals surface area contributed by atoms with Crippen molar-refractivity contribution in [1.29, 1.82) is 0 Å². The SMILES string of the molecule is CC(CCn1cnc2cc(-c3ccc(CCO)cc3F)ccc2c1=O)(C(=O)NO)S(C)(=O)=O. The number of sulfone groups is 1. The van der Waals surface area contributed by atoms with Crippen molar-refractivity contribution in [2.45, 2.75) is 31.1 Å². The zero-order valence-electron chi connectivity index (χ0n) is 18.1. The standard InChI is InChI=1S/C22H24FN3O6S/c1-22(21(29)25-30,33(2,31)32)8-9-26-13-24-19-12-15(4-6-17(19)20(26)28)16-5-3-14(7-10-27)11-18(16)23/h3-6,11-13,27,30H,7-10H2,1-2H3,(H,25,29). The third kappa shape index (κ3) is 4.80. The van der Waals surface area contributed by atoms with E-state index < -0.39 is 31.9 Å². The number of aromatic nitrogens is 2. The molecule has 1 atom stereocenters. The van der Waals surface area contributed by atoms with E-state index in [0.717, 1.165) is 6.26 Å². The summed E-state index contributed by atoms with van der Waals surface area (Å²) in [6, 6.07) is 9.33. The van der Waals surface area contributed by atoms with E-state index in [2.05, 4.69) is 4.98 Å². The number of fused-ring (bicyclic) bond motifs is 1. The van der Waals surface area contributed by atoms with Crippen LogP contribution in [0.2, 0.25) is 0 Å². The topological polar surface area (TPSA) is 139 Å². The highest BCUT2D eigenvalue weighted by Crippen LogP contribution is 2.26. The fourth-order valence-electron chi connectivity index (χ4n) is 3.48. The summed E-state index contributed by atoms with van der Waals surface area (Å²) in [5.74, 6) is -1.56. The summed E-state index contributed by atoms with van der Waals surface area (Å²) in [5, 5.41) is 18.2. The number of nitrogens with one attached hydrogen (secondary N) is 1. The molecule has 0 spiro atoms. The van der Waals surface area contributed by atoms with Gasteiger partial charge in [0.05, 0.1) is 17.2 Å². The number of aliphatic hydroxyl groups excluding tert-OH is 1. The first-order valence-electron chi connectivity index (χ1n) is 10.0. The lowest BCUT2D eigenvalue weighted by Gasteiger charge is -2.25. The third-order valence-corrected chi connectivity index (χ3v) is 7.83. The van der Waals surface area contributed by atoms with E-state index in [9.17, 15) is 22.4 Å². The van der Waals surface area contributed by atoms with Crippen LogP contribution in [0.25, 0.3) is 22.0 Å². The Kier molecular flexibility index (Phi) is 6.96. The predicted molar refractivity (Wildman–Crippen MR) is 120 cm³/mol. The number of amides is 1. The second-order valence-corrected chi connectivity index (χ2v) is 10.4. The first kappa shape index (κ1) is 24.5. The van der Waals surface area contributed by atoms with Crippen LogP contribution < -0.4 is 11.0 Å². The number of hydrogen-bond donors (Lipinski definition) is 3. The van der Waals surface area contributed by atoms with E-state index in [1.807, 2.05) is 0 Å². The largest absolute Gasteiger partial charge is 0.396 e. The molecule has 0 aliphatic heterocycles. The average molecular weight is 478 g/mol. The summed E-state index contributed by atoms with van der Waals surface area (Å²) in [5.41, 5.74) is 2.74. The number of hydroxylamine groups is 1. The third-order valence-electron chi connectivity index (χ3n) is 5.80. The van der Waals surface area contributed by atoms with Gasteiger partial charge in [-0.2, -0.15) is 0 Å². The molecule has 3 aromatic rings. The Hall–Kier alpha value is -3.15. The molecule has 3 N–H and O–H groups in total. The molecule has 1 heterocycles. The molecular formula is C22H24FN3O6S. The summed E-state index contributed by atoms with van der Waals surface area (Å²) in [4.78, 5) is 29.1. The molecule has 0 aliphatic rings. The van der Waals surface area contributed by atoms with E-state index in [0.29, 0.717) is 28.6 Å². The molecule has 0 aliphatic carbocycles. The van der Waals surface area contributed by atoms with Gasteiger partial charge in [0.15, 0.2) is 14.6 Å². The second-order valence-electron chi connectivity index (χ2n) is 7.96. The monoisotopic (exact) mass is 477 g/mol. The number of nitrogens with zero attached hydrogens (tertiary/aromatic N) is 2. The normalized spacial score (nSPS) is 13.6. The maximum atomic E-state index is 14.5. The fourth-order valence-corrected chi connectivity index (χ4v) is 4.33. The van der Waals surface area contributed by atoms with Crippen LogP contribution in [-0.4, -0.2) is 51.8 Å². The van der Waals surface area contributed by atoms with Gasteiger partial charge in [-0.25, -0.2) is 23.3 Å². The molecule has 11 heteroatoms. The molecule has 9 nitrogen and oxygen atoms in total. The summed E-state index contributed by atoms with van der Waals surface area (Å²) in [6.45, 7) is 0.945. The zero-order valence-corrected chi connectivity index (χ0v) is 18.9. The Labute approximate surface area is 189 Å². The molecule has 2 aromatic carbocycles. The Bertz CT molecular complexity index is 1370. The molecule has 1 amide bonds. The summed E-state index contributed by atoms with van der Waals surface area (Å²) in [7, 11) is -3.91. The van der Waals surface area contributed by atoms with Gasteiger partial charge in [-0.15, -0.1) is 0 Å². The fraction of sp³-hybridized carbons (Fsp3) is 0.318. The minimum atomic E-state index is -3.91. The first-order chi connectivity index (χ1) is 15.5. The van der Waals surface area contributed by atoms with Crippen molar-refractivity contribution in [2.75, 3.05) is 12.9 Å². The first-order valence-corrected chi connectivity index (χ1v) is 11.9. The van der Waals surface area contributed by atoms with Crippen LogP contribution >= 0.6 is 0 Å². The van der Waals surface area contributed by atoms with E-state index in [1.54, 1.807) is 24.3 Å². The van der Waals surface area contributed by atoms with Crippen molar-refractivity contribution in [1.82, 2.24) is 15.0 Å². The smallest absolute Gasteiger partial charge is 0.264 e. The number of aliphatic hydroxyl groups is 1. The van der Waals surface area contributed by atoms with Crippen molar-refractivity contribution >= 4 is 26.6 Å². The van der Waals surface area contributed by atoms with Crippen molar-refractivity contribution in [2.24, 2.45) is 0 Å². The number of carbonyl (C=O) groups excluding carboxylic acids is 1. The second kappa shape index (κ2) is 9.38. The molecule has 1 aromatic heterocycles.